The smallest absolute Gasteiger partial charge is 0.213 e. The van der Waals surface area contributed by atoms with Crippen LogP contribution in [0.1, 0.15) is 0 Å². The zero-order valence-electron chi connectivity index (χ0n) is 15.2. The van der Waals surface area contributed by atoms with Crippen molar-refractivity contribution in [2.24, 2.45) is 0 Å². The maximum Gasteiger partial charge on any atom is 0.213 e. The molecule has 0 aliphatic heterocycles. The Hall–Kier alpha value is -3.03. The Bertz CT molecular complexity index is 1240. The fraction of sp³-hybridized carbons (Fsp3) is 0.143. The molecule has 0 bridgehead atoms. The second-order valence-corrected chi connectivity index (χ2v) is 7.47. The van der Waals surface area contributed by atoms with E-state index in [1.807, 2.05) is 18.3 Å². The number of benzene rings is 2. The molecule has 0 fully saturated rings. The summed E-state index contributed by atoms with van der Waals surface area (Å²) in [7, 11) is 1.71. The van der Waals surface area contributed by atoms with Gasteiger partial charge in [-0.1, -0.05) is 29.5 Å². The minimum atomic E-state index is -0.255. The zero-order chi connectivity index (χ0) is 19.1. The molecule has 3 heterocycles. The molecule has 7 heteroatoms. The zero-order valence-corrected chi connectivity index (χ0v) is 16.0. The number of imidazole rings is 1. The predicted octanol–water partition coefficient (Wildman–Crippen LogP) is 4.87. The molecule has 0 spiro atoms. The van der Waals surface area contributed by atoms with Crippen LogP contribution in [-0.4, -0.2) is 32.9 Å². The summed E-state index contributed by atoms with van der Waals surface area (Å²) in [5.41, 5.74) is 3.91. The normalized spacial score (nSPS) is 11.6. The van der Waals surface area contributed by atoms with E-state index in [1.165, 1.54) is 12.1 Å². The van der Waals surface area contributed by atoms with Crippen LogP contribution in [0.3, 0.4) is 0 Å². The van der Waals surface area contributed by atoms with Gasteiger partial charge in [-0.3, -0.25) is 0 Å². The molecular weight excluding hydrogens is 375 g/mol. The highest BCUT2D eigenvalue weighted by molar-refractivity contribution is 7.20. The van der Waals surface area contributed by atoms with Gasteiger partial charge >= 0.3 is 0 Å². The van der Waals surface area contributed by atoms with Gasteiger partial charge in [-0.05, 0) is 30.3 Å². The van der Waals surface area contributed by atoms with Crippen LogP contribution in [0.2, 0.25) is 0 Å². The number of para-hydroxylation sites is 1. The fourth-order valence-electron chi connectivity index (χ4n) is 3.36. The van der Waals surface area contributed by atoms with E-state index in [-0.39, 0.29) is 5.82 Å². The van der Waals surface area contributed by atoms with Gasteiger partial charge in [-0.2, -0.15) is 5.10 Å². The second kappa shape index (κ2) is 6.85. The van der Waals surface area contributed by atoms with Gasteiger partial charge in [-0.15, -0.1) is 0 Å². The molecule has 0 N–H and O–H groups in total. The molecule has 0 unspecified atom stereocenters. The van der Waals surface area contributed by atoms with E-state index in [2.05, 4.69) is 27.9 Å². The van der Waals surface area contributed by atoms with Crippen LogP contribution >= 0.6 is 11.3 Å². The predicted molar refractivity (Wildman–Crippen MR) is 109 cm³/mol. The molecule has 0 saturated carbocycles. The summed E-state index contributed by atoms with van der Waals surface area (Å²) in [6.07, 6.45) is 4.01. The number of ether oxygens (including phenoxy) is 1. The van der Waals surface area contributed by atoms with Gasteiger partial charge in [0.15, 0.2) is 0 Å². The Morgan fingerprint density at radius 2 is 1.89 bits per heavy atom. The Kier molecular flexibility index (Phi) is 4.18. The molecule has 3 aromatic heterocycles. The third-order valence-corrected chi connectivity index (χ3v) is 5.69. The van der Waals surface area contributed by atoms with Gasteiger partial charge in [0, 0.05) is 41.9 Å². The fourth-order valence-corrected chi connectivity index (χ4v) is 4.27. The van der Waals surface area contributed by atoms with Crippen LogP contribution in [0.25, 0.3) is 37.7 Å². The van der Waals surface area contributed by atoms with Crippen molar-refractivity contribution < 1.29 is 9.13 Å². The molecule has 0 amide bonds. The van der Waals surface area contributed by atoms with E-state index < -0.39 is 0 Å². The quantitative estimate of drug-likeness (QED) is 0.429. The van der Waals surface area contributed by atoms with Crippen molar-refractivity contribution in [1.82, 2.24) is 19.2 Å². The Morgan fingerprint density at radius 3 is 2.68 bits per heavy atom. The van der Waals surface area contributed by atoms with Crippen molar-refractivity contribution >= 4 is 27.2 Å². The van der Waals surface area contributed by atoms with Crippen molar-refractivity contribution in [3.8, 4) is 21.8 Å². The average molecular weight is 392 g/mol. The monoisotopic (exact) mass is 392 g/mol. The number of methoxy groups -OCH3 is 1. The van der Waals surface area contributed by atoms with E-state index in [0.717, 1.165) is 44.2 Å². The van der Waals surface area contributed by atoms with Gasteiger partial charge in [-0.25, -0.2) is 13.9 Å². The van der Waals surface area contributed by atoms with Crippen molar-refractivity contribution in [1.29, 1.82) is 0 Å². The minimum Gasteiger partial charge on any atom is -0.383 e. The number of hydrogen-bond donors (Lipinski definition) is 0. The molecule has 0 atom stereocenters. The first-order valence-electron chi connectivity index (χ1n) is 8.92. The minimum absolute atomic E-state index is 0.255. The Balaban J connectivity index is 1.56. The lowest BCUT2D eigenvalue weighted by atomic mass is 10.2. The number of aromatic nitrogens is 4. The largest absolute Gasteiger partial charge is 0.383 e. The maximum absolute atomic E-state index is 13.1. The van der Waals surface area contributed by atoms with Crippen LogP contribution in [0, 0.1) is 5.82 Å². The second-order valence-electron chi connectivity index (χ2n) is 6.51. The summed E-state index contributed by atoms with van der Waals surface area (Å²) in [5.74, 6) is -0.255. The van der Waals surface area contributed by atoms with Crippen LogP contribution in [0.4, 0.5) is 4.39 Å². The number of fused-ring (bicyclic) bond motifs is 2. The summed E-state index contributed by atoms with van der Waals surface area (Å²) in [4.78, 5) is 5.47. The molecular formula is C21H17FN4OS. The Morgan fingerprint density at radius 1 is 1.07 bits per heavy atom. The lowest BCUT2D eigenvalue weighted by molar-refractivity contribution is 0.188. The van der Waals surface area contributed by atoms with Gasteiger partial charge in [0.2, 0.25) is 4.96 Å². The molecule has 2 aromatic carbocycles. The molecule has 5 rings (SSSR count). The van der Waals surface area contributed by atoms with Crippen molar-refractivity contribution in [2.75, 3.05) is 13.7 Å². The summed E-state index contributed by atoms with van der Waals surface area (Å²) >= 11 is 1.54. The van der Waals surface area contributed by atoms with Crippen LogP contribution in [0.5, 0.6) is 0 Å². The number of nitrogens with zero attached hydrogens (tertiary/aromatic N) is 4. The standard InChI is InChI=1S/C21H17FN4OS/c1-27-11-10-25-12-17(16-4-2-3-5-19(16)25)20-24-26-13-18(23-21(26)28-20)14-6-8-15(22)9-7-14/h2-9,12-13H,10-11H2,1H3. The molecule has 140 valence electrons. The van der Waals surface area contributed by atoms with E-state index in [1.54, 1.807) is 35.1 Å². The van der Waals surface area contributed by atoms with Crippen molar-refractivity contribution in [3.63, 3.8) is 0 Å². The summed E-state index contributed by atoms with van der Waals surface area (Å²) in [6, 6.07) is 14.6. The number of rotatable bonds is 5. The van der Waals surface area contributed by atoms with Crippen LogP contribution in [-0.2, 0) is 11.3 Å². The van der Waals surface area contributed by atoms with Gasteiger partial charge in [0.1, 0.15) is 10.8 Å². The lowest BCUT2D eigenvalue weighted by Crippen LogP contribution is -2.02. The third-order valence-electron chi connectivity index (χ3n) is 4.74. The summed E-state index contributed by atoms with van der Waals surface area (Å²) in [5, 5.41) is 6.82. The molecule has 0 saturated heterocycles. The molecule has 0 aliphatic rings. The topological polar surface area (TPSA) is 44.4 Å². The first-order valence-corrected chi connectivity index (χ1v) is 9.74. The third kappa shape index (κ3) is 2.89. The summed E-state index contributed by atoms with van der Waals surface area (Å²) < 4.78 is 22.4. The highest BCUT2D eigenvalue weighted by Crippen LogP contribution is 2.34. The average Bonchev–Trinajstić information content (AvgIpc) is 3.38. The van der Waals surface area contributed by atoms with Gasteiger partial charge in [0.25, 0.3) is 0 Å². The number of hydrogen-bond acceptors (Lipinski definition) is 4. The molecule has 28 heavy (non-hydrogen) atoms. The first-order chi connectivity index (χ1) is 13.7. The van der Waals surface area contributed by atoms with E-state index in [0.29, 0.717) is 6.61 Å². The van der Waals surface area contributed by atoms with E-state index >= 15 is 0 Å². The molecule has 0 radical (unpaired) electrons. The highest BCUT2D eigenvalue weighted by Gasteiger charge is 2.16. The number of halogens is 1. The molecule has 0 aliphatic carbocycles. The Labute approximate surface area is 164 Å². The van der Waals surface area contributed by atoms with Crippen molar-refractivity contribution in [2.45, 2.75) is 6.54 Å². The SMILES string of the molecule is COCCn1cc(-c2nn3cc(-c4ccc(F)cc4)nc3s2)c2ccccc21. The van der Waals surface area contributed by atoms with Gasteiger partial charge < -0.3 is 9.30 Å². The maximum atomic E-state index is 13.1. The summed E-state index contributed by atoms with van der Waals surface area (Å²) in [6.45, 7) is 1.44. The van der Waals surface area contributed by atoms with E-state index in [4.69, 9.17) is 9.84 Å². The van der Waals surface area contributed by atoms with E-state index in [9.17, 15) is 4.39 Å². The molecule has 5 aromatic rings. The van der Waals surface area contributed by atoms with Crippen LogP contribution in [0.15, 0.2) is 60.9 Å². The van der Waals surface area contributed by atoms with Gasteiger partial charge in [0.05, 0.1) is 18.5 Å². The lowest BCUT2D eigenvalue weighted by Gasteiger charge is -2.03. The first kappa shape index (κ1) is 17.1. The highest BCUT2D eigenvalue weighted by atomic mass is 32.1. The van der Waals surface area contributed by atoms with Crippen LogP contribution < -0.4 is 0 Å². The van der Waals surface area contributed by atoms with Crippen molar-refractivity contribution in [3.05, 3.63) is 66.7 Å². The molecule has 5 nitrogen and oxygen atoms in total.